The average Bonchev–Trinajstić information content (AvgIpc) is 2.90. The van der Waals surface area contributed by atoms with Gasteiger partial charge in [0.1, 0.15) is 6.61 Å². The van der Waals surface area contributed by atoms with Crippen LogP contribution in [-0.4, -0.2) is 36.4 Å². The minimum Gasteiger partial charge on any atom is -0.462 e. The fraction of sp³-hybridized carbons (Fsp3) is 0.625. The molecule has 0 bridgehead atoms. The highest BCUT2D eigenvalue weighted by Crippen LogP contribution is 2.08. The summed E-state index contributed by atoms with van der Waals surface area (Å²) in [5, 5.41) is 9.41. The van der Waals surface area contributed by atoms with Crippen molar-refractivity contribution in [3.63, 3.8) is 0 Å². The summed E-state index contributed by atoms with van der Waals surface area (Å²) in [6, 6.07) is 0. The van der Waals surface area contributed by atoms with Gasteiger partial charge in [0.15, 0.2) is 6.10 Å². The van der Waals surface area contributed by atoms with Gasteiger partial charge in [-0.05, 0) is 51.4 Å². The van der Waals surface area contributed by atoms with Gasteiger partial charge < -0.3 is 14.6 Å². The van der Waals surface area contributed by atoms with Crippen molar-refractivity contribution in [1.82, 2.24) is 0 Å². The maximum absolute atomic E-state index is 12.0. The molecular weight excluding hydrogens is 464 g/mol. The van der Waals surface area contributed by atoms with E-state index < -0.39 is 6.10 Å². The van der Waals surface area contributed by atoms with Gasteiger partial charge in [-0.1, -0.05) is 107 Å². The van der Waals surface area contributed by atoms with E-state index in [4.69, 9.17) is 9.47 Å². The maximum Gasteiger partial charge on any atom is 0.306 e. The number of carbonyl (C=O) groups excluding carboxylic acids is 2. The average molecular weight is 517 g/mol. The zero-order chi connectivity index (χ0) is 27.2. The molecule has 0 aliphatic heterocycles. The largest absolute Gasteiger partial charge is 0.462 e. The molecule has 0 aromatic rings. The molecule has 0 rings (SSSR count). The van der Waals surface area contributed by atoms with Crippen molar-refractivity contribution in [3.05, 3.63) is 60.8 Å². The first-order valence-electron chi connectivity index (χ1n) is 14.3. The molecule has 1 unspecified atom stereocenters. The molecule has 37 heavy (non-hydrogen) atoms. The zero-order valence-electron chi connectivity index (χ0n) is 23.5. The second-order valence-corrected chi connectivity index (χ2v) is 9.10. The van der Waals surface area contributed by atoms with Gasteiger partial charge in [0, 0.05) is 12.8 Å². The van der Waals surface area contributed by atoms with Crippen molar-refractivity contribution in [2.45, 2.75) is 116 Å². The molecule has 0 fully saturated rings. The van der Waals surface area contributed by atoms with Crippen molar-refractivity contribution >= 4 is 11.9 Å². The Bertz CT molecular complexity index is 687. The summed E-state index contributed by atoms with van der Waals surface area (Å²) in [7, 11) is 0. The Morgan fingerprint density at radius 2 is 1.16 bits per heavy atom. The first kappa shape index (κ1) is 34.6. The highest BCUT2D eigenvalue weighted by atomic mass is 16.6. The number of hydrogen-bond donors (Lipinski definition) is 1. The van der Waals surface area contributed by atoms with E-state index in [9.17, 15) is 14.7 Å². The highest BCUT2D eigenvalue weighted by Gasteiger charge is 2.15. The maximum atomic E-state index is 12.0. The van der Waals surface area contributed by atoms with Crippen LogP contribution < -0.4 is 0 Å². The molecule has 0 spiro atoms. The minimum atomic E-state index is -0.797. The summed E-state index contributed by atoms with van der Waals surface area (Å²) in [4.78, 5) is 23.8. The molecule has 0 saturated heterocycles. The standard InChI is InChI=1S/C32H52O5/c1-3-5-7-9-11-12-13-14-15-16-17-18-19-20-21-23-25-27-32(35)37-30(28-33)29-36-31(34)26-24-22-10-8-6-4-2/h5,7,11-12,14-15,17-18,20-21,30,33H,3-4,6,8-10,13,16,19,22-29H2,1-2H3/b7-5-,12-11-,15-14-,18-17-,21-20-. The van der Waals surface area contributed by atoms with E-state index in [0.717, 1.165) is 57.8 Å². The Morgan fingerprint density at radius 1 is 0.649 bits per heavy atom. The summed E-state index contributed by atoms with van der Waals surface area (Å²) in [6.45, 7) is 3.87. The van der Waals surface area contributed by atoms with E-state index in [0.29, 0.717) is 12.8 Å². The van der Waals surface area contributed by atoms with Crippen LogP contribution >= 0.6 is 0 Å². The lowest BCUT2D eigenvalue weighted by Gasteiger charge is -2.15. The van der Waals surface area contributed by atoms with Gasteiger partial charge in [-0.2, -0.15) is 0 Å². The van der Waals surface area contributed by atoms with Gasteiger partial charge in [-0.15, -0.1) is 0 Å². The van der Waals surface area contributed by atoms with Crippen LogP contribution in [-0.2, 0) is 19.1 Å². The molecule has 210 valence electrons. The molecule has 1 atom stereocenters. The summed E-state index contributed by atoms with van der Waals surface area (Å²) in [5.41, 5.74) is 0. The molecule has 5 nitrogen and oxygen atoms in total. The van der Waals surface area contributed by atoms with Crippen LogP contribution in [0.25, 0.3) is 0 Å². The molecule has 0 saturated carbocycles. The van der Waals surface area contributed by atoms with Gasteiger partial charge in [-0.3, -0.25) is 9.59 Å². The van der Waals surface area contributed by atoms with Gasteiger partial charge in [-0.25, -0.2) is 0 Å². The third-order valence-corrected chi connectivity index (χ3v) is 5.58. The molecular formula is C32H52O5. The predicted molar refractivity (Wildman–Crippen MR) is 154 cm³/mol. The van der Waals surface area contributed by atoms with Crippen LogP contribution in [0.5, 0.6) is 0 Å². The van der Waals surface area contributed by atoms with Crippen LogP contribution in [0.2, 0.25) is 0 Å². The molecule has 0 aromatic carbocycles. The Hall–Kier alpha value is -2.40. The van der Waals surface area contributed by atoms with Crippen LogP contribution in [0.15, 0.2) is 60.8 Å². The lowest BCUT2D eigenvalue weighted by atomic mass is 10.1. The van der Waals surface area contributed by atoms with E-state index in [-0.39, 0.29) is 31.6 Å². The van der Waals surface area contributed by atoms with Gasteiger partial charge in [0.05, 0.1) is 6.61 Å². The molecule has 0 aliphatic carbocycles. The van der Waals surface area contributed by atoms with Crippen LogP contribution in [0, 0.1) is 0 Å². The van der Waals surface area contributed by atoms with Gasteiger partial charge in [0.25, 0.3) is 0 Å². The number of carbonyl (C=O) groups is 2. The second kappa shape index (κ2) is 28.2. The third kappa shape index (κ3) is 26.5. The van der Waals surface area contributed by atoms with E-state index in [2.05, 4.69) is 74.6 Å². The van der Waals surface area contributed by atoms with Crippen molar-refractivity contribution < 1.29 is 24.2 Å². The fourth-order valence-corrected chi connectivity index (χ4v) is 3.41. The van der Waals surface area contributed by atoms with Gasteiger partial charge >= 0.3 is 11.9 Å². The second-order valence-electron chi connectivity index (χ2n) is 9.10. The Balaban J connectivity index is 3.78. The summed E-state index contributed by atoms with van der Waals surface area (Å²) >= 11 is 0. The number of esters is 2. The third-order valence-electron chi connectivity index (χ3n) is 5.58. The normalized spacial score (nSPS) is 13.1. The van der Waals surface area contributed by atoms with E-state index in [1.807, 2.05) is 0 Å². The van der Waals surface area contributed by atoms with Crippen molar-refractivity contribution in [3.8, 4) is 0 Å². The molecule has 0 aromatic heterocycles. The number of aliphatic hydroxyl groups excluding tert-OH is 1. The lowest BCUT2D eigenvalue weighted by Crippen LogP contribution is -2.28. The van der Waals surface area contributed by atoms with Crippen LogP contribution in [0.4, 0.5) is 0 Å². The van der Waals surface area contributed by atoms with Crippen molar-refractivity contribution in [1.29, 1.82) is 0 Å². The molecule has 0 radical (unpaired) electrons. The first-order valence-corrected chi connectivity index (χ1v) is 14.3. The molecule has 1 N–H and O–H groups in total. The van der Waals surface area contributed by atoms with Crippen LogP contribution in [0.3, 0.4) is 0 Å². The van der Waals surface area contributed by atoms with Gasteiger partial charge in [0.2, 0.25) is 0 Å². The summed E-state index contributed by atoms with van der Waals surface area (Å²) in [6.07, 6.45) is 34.4. The van der Waals surface area contributed by atoms with Crippen molar-refractivity contribution in [2.24, 2.45) is 0 Å². The van der Waals surface area contributed by atoms with E-state index in [1.165, 1.54) is 19.3 Å². The smallest absolute Gasteiger partial charge is 0.306 e. The monoisotopic (exact) mass is 516 g/mol. The number of allylic oxidation sites excluding steroid dienone is 10. The number of ether oxygens (including phenoxy) is 2. The van der Waals surface area contributed by atoms with E-state index >= 15 is 0 Å². The zero-order valence-corrected chi connectivity index (χ0v) is 23.5. The first-order chi connectivity index (χ1) is 18.1. The molecule has 0 aliphatic rings. The van der Waals surface area contributed by atoms with E-state index in [1.54, 1.807) is 0 Å². The summed E-state index contributed by atoms with van der Waals surface area (Å²) < 4.78 is 10.4. The quantitative estimate of drug-likeness (QED) is 0.0797. The number of unbranched alkanes of at least 4 members (excludes halogenated alkanes) is 6. The number of aliphatic hydroxyl groups is 1. The number of hydrogen-bond acceptors (Lipinski definition) is 5. The molecule has 0 heterocycles. The number of rotatable bonds is 24. The SMILES string of the molecule is CC/C=C\C/C=C\C/C=C\C/C=C\C/C=C\CCCC(=O)OC(CO)COC(=O)CCCCCCCC. The molecule has 0 amide bonds. The highest BCUT2D eigenvalue weighted by molar-refractivity contribution is 5.70. The van der Waals surface area contributed by atoms with Crippen LogP contribution in [0.1, 0.15) is 110 Å². The summed E-state index contributed by atoms with van der Waals surface area (Å²) in [5.74, 6) is -0.679. The Morgan fingerprint density at radius 3 is 1.73 bits per heavy atom. The topological polar surface area (TPSA) is 72.8 Å². The Labute approximate surface area is 226 Å². The van der Waals surface area contributed by atoms with Crippen molar-refractivity contribution in [2.75, 3.05) is 13.2 Å². The molecule has 5 heteroatoms. The fourth-order valence-electron chi connectivity index (χ4n) is 3.41. The predicted octanol–water partition coefficient (Wildman–Crippen LogP) is 8.11. The minimum absolute atomic E-state index is 0.0916. The lowest BCUT2D eigenvalue weighted by molar-refractivity contribution is -0.161. The Kier molecular flexibility index (Phi) is 26.3.